The third kappa shape index (κ3) is 6.07. The quantitative estimate of drug-likeness (QED) is 0.373. The summed E-state index contributed by atoms with van der Waals surface area (Å²) in [4.78, 5) is 55.5. The van der Waals surface area contributed by atoms with E-state index in [1.165, 1.54) is 17.9 Å². The van der Waals surface area contributed by atoms with Crippen LogP contribution in [0.4, 0.5) is 30.4 Å². The number of para-hydroxylation sites is 1. The smallest absolute Gasteiger partial charge is 0.377 e. The molecular weight excluding hydrogens is 613 g/mol. The Bertz CT molecular complexity index is 1730. The number of pyridine rings is 2. The number of hydrogen-bond donors (Lipinski definition) is 0. The van der Waals surface area contributed by atoms with E-state index in [9.17, 15) is 27.6 Å². The molecule has 0 bridgehead atoms. The van der Waals surface area contributed by atoms with Gasteiger partial charge in [0.05, 0.1) is 41.9 Å². The molecule has 1 aromatic carbocycles. The fourth-order valence-corrected chi connectivity index (χ4v) is 6.82. The number of ether oxygens (including phenoxy) is 1. The minimum Gasteiger partial charge on any atom is -0.377 e. The average molecular weight is 649 g/mol. The summed E-state index contributed by atoms with van der Waals surface area (Å²) >= 11 is 0. The van der Waals surface area contributed by atoms with E-state index in [4.69, 9.17) is 4.74 Å². The Hall–Kier alpha value is -4.78. The second-order valence-corrected chi connectivity index (χ2v) is 12.2. The summed E-state index contributed by atoms with van der Waals surface area (Å²) in [6.45, 7) is 8.82. The van der Waals surface area contributed by atoms with Crippen LogP contribution in [0.3, 0.4) is 0 Å². The number of halogens is 3. The van der Waals surface area contributed by atoms with Crippen molar-refractivity contribution in [1.82, 2.24) is 14.9 Å². The third-order valence-electron chi connectivity index (χ3n) is 9.03. The number of morpholine rings is 1. The first-order valence-corrected chi connectivity index (χ1v) is 15.3. The number of carbonyl (C=O) groups excluding carboxylic acids is 3. The Labute approximate surface area is 270 Å². The number of nitrogens with zero attached hydrogens (tertiary/aromatic N) is 6. The van der Waals surface area contributed by atoms with Crippen LogP contribution in [0.25, 0.3) is 0 Å². The number of benzene rings is 1. The predicted octanol–water partition coefficient (Wildman–Crippen LogP) is 4.60. The van der Waals surface area contributed by atoms with Crippen LogP contribution < -0.4 is 14.7 Å². The average Bonchev–Trinajstić information content (AvgIpc) is 3.37. The normalized spacial score (nSPS) is 21.7. The summed E-state index contributed by atoms with van der Waals surface area (Å²) in [6, 6.07) is 9.74. The van der Waals surface area contributed by atoms with Gasteiger partial charge in [0.15, 0.2) is 0 Å². The molecule has 0 aliphatic carbocycles. The number of anilines is 3. The van der Waals surface area contributed by atoms with Crippen LogP contribution in [0.5, 0.6) is 0 Å². The molecule has 47 heavy (non-hydrogen) atoms. The molecule has 3 atom stereocenters. The number of fused-ring (bicyclic) bond motifs is 2. The van der Waals surface area contributed by atoms with E-state index in [2.05, 4.69) is 21.4 Å². The first-order valence-electron chi connectivity index (χ1n) is 15.3. The summed E-state index contributed by atoms with van der Waals surface area (Å²) in [5, 5.41) is 0. The van der Waals surface area contributed by atoms with Crippen molar-refractivity contribution in [2.24, 2.45) is 5.92 Å². The topological polar surface area (TPSA) is 99.2 Å². The van der Waals surface area contributed by atoms with Gasteiger partial charge >= 0.3 is 6.18 Å². The molecule has 3 aliphatic rings. The highest BCUT2D eigenvalue weighted by molar-refractivity contribution is 6.10. The zero-order valence-corrected chi connectivity index (χ0v) is 26.3. The Morgan fingerprint density at radius 2 is 1.94 bits per heavy atom. The highest BCUT2D eigenvalue weighted by Crippen LogP contribution is 2.42. The number of aromatic nitrogens is 2. The minimum atomic E-state index is -4.65. The lowest BCUT2D eigenvalue weighted by molar-refractivity contribution is -0.137. The molecule has 6 rings (SSSR count). The Kier molecular flexibility index (Phi) is 8.51. The predicted molar refractivity (Wildman–Crippen MR) is 169 cm³/mol. The van der Waals surface area contributed by atoms with Crippen LogP contribution >= 0.6 is 0 Å². The Morgan fingerprint density at radius 3 is 2.64 bits per heavy atom. The number of rotatable bonds is 5. The third-order valence-corrected chi connectivity index (χ3v) is 9.03. The van der Waals surface area contributed by atoms with Gasteiger partial charge in [-0.05, 0) is 55.3 Å². The summed E-state index contributed by atoms with van der Waals surface area (Å²) in [5.74, 6) is -1.78. The molecule has 0 N–H and O–H groups in total. The number of aryl methyl sites for hydroxylation is 2. The molecule has 3 amide bonds. The molecule has 246 valence electrons. The van der Waals surface area contributed by atoms with Crippen molar-refractivity contribution < 1.29 is 32.3 Å². The standard InChI is InChI=1S/C34H35F3N6O4/c1-5-29(44)42-11-12-47-19-27(42)25-10-9-22(16-38-25)17-41-18-23-14-30(45)43(28-15-24(34(35,36)37)13-21(3)39-28)32(23)33(46)40(4)26-8-6-7-20(2)31(26)41/h5-10,13,15-16,23,27,32H,1,11-12,14,17-19H2,2-4H3/t23-,27+,32+/m1/s1. The van der Waals surface area contributed by atoms with Gasteiger partial charge in [-0.1, -0.05) is 24.8 Å². The minimum absolute atomic E-state index is 0.0367. The van der Waals surface area contributed by atoms with Crippen molar-refractivity contribution in [2.75, 3.05) is 48.1 Å². The summed E-state index contributed by atoms with van der Waals surface area (Å²) in [6.07, 6.45) is -1.66. The van der Waals surface area contributed by atoms with Gasteiger partial charge in [0.25, 0.3) is 0 Å². The Morgan fingerprint density at radius 1 is 1.15 bits per heavy atom. The second kappa shape index (κ2) is 12.4. The van der Waals surface area contributed by atoms with E-state index >= 15 is 0 Å². The Balaban J connectivity index is 1.35. The molecule has 5 heterocycles. The van der Waals surface area contributed by atoms with Crippen molar-refractivity contribution in [3.8, 4) is 0 Å². The van der Waals surface area contributed by atoms with Crippen LogP contribution in [0.2, 0.25) is 0 Å². The van der Waals surface area contributed by atoms with Crippen LogP contribution in [-0.2, 0) is 31.8 Å². The van der Waals surface area contributed by atoms with Crippen LogP contribution in [-0.4, -0.2) is 72.0 Å². The van der Waals surface area contributed by atoms with Gasteiger partial charge in [-0.3, -0.25) is 24.3 Å². The lowest BCUT2D eigenvalue weighted by atomic mass is 9.94. The molecule has 0 spiro atoms. The van der Waals surface area contributed by atoms with Crippen LogP contribution in [0.1, 0.15) is 40.5 Å². The molecule has 0 radical (unpaired) electrons. The molecule has 10 nitrogen and oxygen atoms in total. The summed E-state index contributed by atoms with van der Waals surface area (Å²) < 4.78 is 46.8. The van der Waals surface area contributed by atoms with Gasteiger partial charge in [-0.25, -0.2) is 4.98 Å². The summed E-state index contributed by atoms with van der Waals surface area (Å²) in [7, 11) is 1.62. The maximum Gasteiger partial charge on any atom is 0.416 e. The first-order chi connectivity index (χ1) is 22.4. The van der Waals surface area contributed by atoms with Crippen molar-refractivity contribution >= 4 is 34.9 Å². The molecule has 0 saturated carbocycles. The molecular formula is C34H35F3N6O4. The fraction of sp³-hybridized carbons (Fsp3) is 0.382. The van der Waals surface area contributed by atoms with E-state index in [1.807, 2.05) is 37.3 Å². The molecule has 2 aromatic heterocycles. The van der Waals surface area contributed by atoms with Crippen molar-refractivity contribution in [3.63, 3.8) is 0 Å². The monoisotopic (exact) mass is 648 g/mol. The summed E-state index contributed by atoms with van der Waals surface area (Å²) in [5.41, 5.74) is 3.03. The number of carbonyl (C=O) groups is 3. The highest BCUT2D eigenvalue weighted by Gasteiger charge is 2.49. The van der Waals surface area contributed by atoms with Gasteiger partial charge in [-0.2, -0.15) is 13.2 Å². The fourth-order valence-electron chi connectivity index (χ4n) is 6.82. The lowest BCUT2D eigenvalue weighted by Crippen LogP contribution is -2.52. The molecule has 3 aromatic rings. The number of hydrogen-bond acceptors (Lipinski definition) is 7. The second-order valence-electron chi connectivity index (χ2n) is 12.2. The van der Waals surface area contributed by atoms with E-state index in [0.29, 0.717) is 37.7 Å². The van der Waals surface area contributed by atoms with E-state index < -0.39 is 35.5 Å². The van der Waals surface area contributed by atoms with E-state index in [-0.39, 0.29) is 36.4 Å². The SMILES string of the molecule is C=CC(=O)N1CCOC[C@H]1c1ccc(CN2C[C@H]3CC(=O)N(c4cc(C(F)(F)F)cc(C)n4)[C@@H]3C(=O)N(C)c3cccc(C)c32)cn1. The number of amides is 3. The zero-order chi connectivity index (χ0) is 33.6. The largest absolute Gasteiger partial charge is 0.416 e. The van der Waals surface area contributed by atoms with Crippen LogP contribution in [0.15, 0.2) is 61.3 Å². The van der Waals surface area contributed by atoms with Gasteiger partial charge in [0.1, 0.15) is 11.9 Å². The molecule has 2 saturated heterocycles. The molecule has 2 fully saturated rings. The van der Waals surface area contributed by atoms with E-state index in [0.717, 1.165) is 33.8 Å². The molecule has 0 unspecified atom stereocenters. The van der Waals surface area contributed by atoms with Crippen molar-refractivity contribution in [1.29, 1.82) is 0 Å². The van der Waals surface area contributed by atoms with Crippen LogP contribution in [0, 0.1) is 19.8 Å². The van der Waals surface area contributed by atoms with E-state index in [1.54, 1.807) is 18.1 Å². The highest BCUT2D eigenvalue weighted by atomic mass is 19.4. The maximum atomic E-state index is 14.1. The molecule has 3 aliphatic heterocycles. The number of likely N-dealkylation sites (N-methyl/N-ethyl adjacent to an activating group) is 1. The van der Waals surface area contributed by atoms with Gasteiger partial charge in [0, 0.05) is 50.9 Å². The zero-order valence-electron chi connectivity index (χ0n) is 26.3. The number of alkyl halides is 3. The van der Waals surface area contributed by atoms with Gasteiger partial charge in [0.2, 0.25) is 17.7 Å². The van der Waals surface area contributed by atoms with Crippen molar-refractivity contribution in [3.05, 3.63) is 89.4 Å². The van der Waals surface area contributed by atoms with Gasteiger partial charge < -0.3 is 19.4 Å². The maximum absolute atomic E-state index is 14.1. The van der Waals surface area contributed by atoms with Crippen molar-refractivity contribution in [2.45, 2.75) is 45.1 Å². The van der Waals surface area contributed by atoms with Gasteiger partial charge in [-0.15, -0.1) is 0 Å². The first kappa shape index (κ1) is 32.2. The molecule has 13 heteroatoms. The lowest BCUT2D eigenvalue weighted by Gasteiger charge is -2.39.